The van der Waals surface area contributed by atoms with E-state index >= 15 is 0 Å². The van der Waals surface area contributed by atoms with Crippen molar-refractivity contribution in [1.82, 2.24) is 5.32 Å². The SMILES string of the molecule is C[C@H](OC(=O)c1ccc(-c2ccc([N+](=O)[O-])cc2Cl)o1)C(=O)NC(C)(C)C. The first-order chi connectivity index (χ1) is 12.5. The largest absolute Gasteiger partial charge is 0.449 e. The second kappa shape index (κ2) is 7.79. The Bertz CT molecular complexity index is 884. The van der Waals surface area contributed by atoms with Crippen LogP contribution < -0.4 is 5.32 Å². The number of hydrogen-bond acceptors (Lipinski definition) is 6. The molecule has 0 saturated heterocycles. The molecule has 144 valence electrons. The van der Waals surface area contributed by atoms with Crippen LogP contribution in [0.25, 0.3) is 11.3 Å². The molecule has 1 aromatic carbocycles. The van der Waals surface area contributed by atoms with E-state index in [9.17, 15) is 19.7 Å². The first-order valence-corrected chi connectivity index (χ1v) is 8.43. The highest BCUT2D eigenvalue weighted by Crippen LogP contribution is 2.32. The number of nitrogens with zero attached hydrogens (tertiary/aromatic N) is 1. The number of esters is 1. The van der Waals surface area contributed by atoms with Crippen molar-refractivity contribution in [2.45, 2.75) is 39.3 Å². The van der Waals surface area contributed by atoms with Gasteiger partial charge in [-0.25, -0.2) is 4.79 Å². The predicted octanol–water partition coefficient (Wildman–Crippen LogP) is 3.97. The molecule has 0 unspecified atom stereocenters. The van der Waals surface area contributed by atoms with E-state index in [0.29, 0.717) is 5.56 Å². The lowest BCUT2D eigenvalue weighted by atomic mass is 10.1. The molecule has 9 heteroatoms. The van der Waals surface area contributed by atoms with Crippen molar-refractivity contribution in [2.75, 3.05) is 0 Å². The van der Waals surface area contributed by atoms with Gasteiger partial charge < -0.3 is 14.5 Å². The zero-order valence-corrected chi connectivity index (χ0v) is 16.0. The molecule has 1 amide bonds. The topological polar surface area (TPSA) is 112 Å². The summed E-state index contributed by atoms with van der Waals surface area (Å²) in [5, 5.41) is 13.6. The molecular formula is C18H19ClN2O6. The molecule has 1 heterocycles. The maximum absolute atomic E-state index is 12.2. The molecular weight excluding hydrogens is 376 g/mol. The van der Waals surface area contributed by atoms with Gasteiger partial charge in [-0.2, -0.15) is 0 Å². The Labute approximate surface area is 160 Å². The molecule has 0 spiro atoms. The average Bonchev–Trinajstić information content (AvgIpc) is 3.02. The van der Waals surface area contributed by atoms with Gasteiger partial charge in [-0.05, 0) is 45.9 Å². The Morgan fingerprint density at radius 1 is 1.26 bits per heavy atom. The maximum atomic E-state index is 12.2. The van der Waals surface area contributed by atoms with Crippen LogP contribution in [0.3, 0.4) is 0 Å². The number of nitro benzene ring substituents is 1. The van der Waals surface area contributed by atoms with Gasteiger partial charge in [-0.3, -0.25) is 14.9 Å². The number of amides is 1. The van der Waals surface area contributed by atoms with Gasteiger partial charge in [0.1, 0.15) is 5.76 Å². The van der Waals surface area contributed by atoms with Gasteiger partial charge >= 0.3 is 5.97 Å². The molecule has 0 fully saturated rings. The smallest absolute Gasteiger partial charge is 0.375 e. The molecule has 0 bridgehead atoms. The van der Waals surface area contributed by atoms with Gasteiger partial charge in [-0.15, -0.1) is 0 Å². The number of halogens is 1. The summed E-state index contributed by atoms with van der Waals surface area (Å²) >= 11 is 6.05. The Morgan fingerprint density at radius 2 is 1.93 bits per heavy atom. The van der Waals surface area contributed by atoms with Crippen LogP contribution in [0, 0.1) is 10.1 Å². The highest BCUT2D eigenvalue weighted by molar-refractivity contribution is 6.33. The summed E-state index contributed by atoms with van der Waals surface area (Å²) in [6.07, 6.45) is -1.01. The number of rotatable bonds is 5. The van der Waals surface area contributed by atoms with Gasteiger partial charge in [0.15, 0.2) is 6.10 Å². The molecule has 8 nitrogen and oxygen atoms in total. The van der Waals surface area contributed by atoms with E-state index < -0.39 is 28.4 Å². The van der Waals surface area contributed by atoms with E-state index in [1.807, 2.05) is 20.8 Å². The first kappa shape index (κ1) is 20.4. The summed E-state index contributed by atoms with van der Waals surface area (Å²) in [4.78, 5) is 34.4. The zero-order valence-electron chi connectivity index (χ0n) is 15.2. The van der Waals surface area contributed by atoms with Crippen molar-refractivity contribution >= 4 is 29.2 Å². The van der Waals surface area contributed by atoms with Crippen LogP contribution in [0.1, 0.15) is 38.2 Å². The van der Waals surface area contributed by atoms with Crippen LogP contribution in [0.15, 0.2) is 34.7 Å². The van der Waals surface area contributed by atoms with Crippen LogP contribution in [0.4, 0.5) is 5.69 Å². The summed E-state index contributed by atoms with van der Waals surface area (Å²) in [5.74, 6) is -1.11. The number of carbonyl (C=O) groups is 2. The van der Waals surface area contributed by atoms with Gasteiger partial charge in [-0.1, -0.05) is 11.6 Å². The molecule has 0 aliphatic heterocycles. The first-order valence-electron chi connectivity index (χ1n) is 8.05. The summed E-state index contributed by atoms with van der Waals surface area (Å²) < 4.78 is 10.5. The molecule has 1 atom stereocenters. The van der Waals surface area contributed by atoms with Crippen LogP contribution in [0.5, 0.6) is 0 Å². The molecule has 2 rings (SSSR count). The third kappa shape index (κ3) is 5.30. The lowest BCUT2D eigenvalue weighted by Crippen LogP contribution is -2.46. The van der Waals surface area contributed by atoms with E-state index in [2.05, 4.69) is 5.32 Å². The normalized spacial score (nSPS) is 12.3. The number of nitro groups is 1. The van der Waals surface area contributed by atoms with Gasteiger partial charge in [0.2, 0.25) is 5.76 Å². The predicted molar refractivity (Wildman–Crippen MR) is 98.6 cm³/mol. The Balaban J connectivity index is 2.12. The number of furan rings is 1. The highest BCUT2D eigenvalue weighted by atomic mass is 35.5. The number of hydrogen-bond donors (Lipinski definition) is 1. The third-order valence-corrected chi connectivity index (χ3v) is 3.70. The Hall–Kier alpha value is -2.87. The molecule has 0 saturated carbocycles. The van der Waals surface area contributed by atoms with Gasteiger partial charge in [0.05, 0.1) is 9.95 Å². The van der Waals surface area contributed by atoms with Crippen LogP contribution in [-0.4, -0.2) is 28.4 Å². The third-order valence-electron chi connectivity index (χ3n) is 3.39. The molecule has 27 heavy (non-hydrogen) atoms. The summed E-state index contributed by atoms with van der Waals surface area (Å²) in [5.41, 5.74) is -0.226. The van der Waals surface area contributed by atoms with Crippen LogP contribution in [-0.2, 0) is 9.53 Å². The summed E-state index contributed by atoms with van der Waals surface area (Å²) in [7, 11) is 0. The van der Waals surface area contributed by atoms with Crippen molar-refractivity contribution in [3.63, 3.8) is 0 Å². The quantitative estimate of drug-likeness (QED) is 0.466. The van der Waals surface area contributed by atoms with Crippen molar-refractivity contribution in [1.29, 1.82) is 0 Å². The van der Waals surface area contributed by atoms with E-state index in [0.717, 1.165) is 0 Å². The van der Waals surface area contributed by atoms with Crippen molar-refractivity contribution in [3.8, 4) is 11.3 Å². The minimum absolute atomic E-state index is 0.108. The average molecular weight is 395 g/mol. The van der Waals surface area contributed by atoms with Crippen LogP contribution >= 0.6 is 11.6 Å². The molecule has 1 aromatic heterocycles. The van der Waals surface area contributed by atoms with E-state index in [4.69, 9.17) is 20.8 Å². The van der Waals surface area contributed by atoms with E-state index in [-0.39, 0.29) is 22.2 Å². The van der Waals surface area contributed by atoms with E-state index in [1.165, 1.54) is 37.3 Å². The molecule has 0 radical (unpaired) electrons. The molecule has 0 aliphatic rings. The summed E-state index contributed by atoms with van der Waals surface area (Å²) in [6.45, 7) is 6.89. The maximum Gasteiger partial charge on any atom is 0.375 e. The fraction of sp³-hybridized carbons (Fsp3) is 0.333. The number of benzene rings is 1. The highest BCUT2D eigenvalue weighted by Gasteiger charge is 2.24. The Morgan fingerprint density at radius 3 is 2.48 bits per heavy atom. The second-order valence-electron chi connectivity index (χ2n) is 6.87. The number of nitrogens with one attached hydrogen (secondary N) is 1. The van der Waals surface area contributed by atoms with Gasteiger partial charge in [0.25, 0.3) is 11.6 Å². The van der Waals surface area contributed by atoms with Crippen molar-refractivity contribution in [2.24, 2.45) is 0 Å². The second-order valence-corrected chi connectivity index (χ2v) is 7.28. The van der Waals surface area contributed by atoms with Crippen molar-refractivity contribution in [3.05, 3.63) is 51.2 Å². The molecule has 2 aromatic rings. The minimum atomic E-state index is -1.01. The fourth-order valence-corrected chi connectivity index (χ4v) is 2.42. The standard InChI is InChI=1S/C18H19ClN2O6/c1-10(16(22)20-18(2,3)4)26-17(23)15-8-7-14(27-15)12-6-5-11(21(24)25)9-13(12)19/h5-10H,1-4H3,(H,20,22)/t10-/m0/s1. The lowest BCUT2D eigenvalue weighted by Gasteiger charge is -2.22. The number of carbonyl (C=O) groups excluding carboxylic acids is 2. The van der Waals surface area contributed by atoms with Crippen LogP contribution in [0.2, 0.25) is 5.02 Å². The number of ether oxygens (including phenoxy) is 1. The minimum Gasteiger partial charge on any atom is -0.449 e. The van der Waals surface area contributed by atoms with E-state index in [1.54, 1.807) is 0 Å². The summed E-state index contributed by atoms with van der Waals surface area (Å²) in [6, 6.07) is 6.76. The monoisotopic (exact) mass is 394 g/mol. The Kier molecular flexibility index (Phi) is 5.90. The van der Waals surface area contributed by atoms with Gasteiger partial charge in [0, 0.05) is 23.2 Å². The fourth-order valence-electron chi connectivity index (χ4n) is 2.15. The lowest BCUT2D eigenvalue weighted by molar-refractivity contribution is -0.384. The zero-order chi connectivity index (χ0) is 20.4. The number of non-ortho nitro benzene ring substituents is 1. The molecule has 1 N–H and O–H groups in total. The molecule has 0 aliphatic carbocycles. The van der Waals surface area contributed by atoms with Crippen molar-refractivity contribution < 1.29 is 23.7 Å².